The summed E-state index contributed by atoms with van der Waals surface area (Å²) < 4.78 is 28.3. The van der Waals surface area contributed by atoms with Gasteiger partial charge in [-0.3, -0.25) is 4.68 Å². The molecule has 1 aliphatic rings. The zero-order valence-electron chi connectivity index (χ0n) is 12.1. The summed E-state index contributed by atoms with van der Waals surface area (Å²) in [5.74, 6) is 0. The number of likely N-dealkylation sites (N-methyl/N-ethyl adjacent to an activating group) is 1. The van der Waals surface area contributed by atoms with Gasteiger partial charge in [0.15, 0.2) is 0 Å². The maximum atomic E-state index is 12.6. The lowest BCUT2D eigenvalue weighted by Gasteiger charge is -2.36. The lowest BCUT2D eigenvalue weighted by molar-refractivity contribution is 0.159. The third kappa shape index (κ3) is 3.20. The van der Waals surface area contributed by atoms with Gasteiger partial charge in [-0.25, -0.2) is 8.42 Å². The van der Waals surface area contributed by atoms with Crippen LogP contribution >= 0.6 is 0 Å². The Kier molecular flexibility index (Phi) is 4.79. The van der Waals surface area contributed by atoms with Crippen LogP contribution < -0.4 is 5.73 Å². The molecule has 20 heavy (non-hydrogen) atoms. The summed E-state index contributed by atoms with van der Waals surface area (Å²) in [6, 6.07) is 0.228. The van der Waals surface area contributed by atoms with Gasteiger partial charge in [0.05, 0.1) is 6.20 Å². The molecular formula is C12H23N5O2S. The molecule has 1 aromatic rings. The van der Waals surface area contributed by atoms with Crippen LogP contribution in [0, 0.1) is 0 Å². The van der Waals surface area contributed by atoms with E-state index in [4.69, 9.17) is 5.73 Å². The minimum atomic E-state index is -3.43. The lowest BCUT2D eigenvalue weighted by atomic mass is 10.2. The van der Waals surface area contributed by atoms with E-state index < -0.39 is 10.0 Å². The van der Waals surface area contributed by atoms with Crippen LogP contribution in [-0.2, 0) is 16.6 Å². The maximum Gasteiger partial charge on any atom is 0.246 e. The Morgan fingerprint density at radius 2 is 2.20 bits per heavy atom. The van der Waals surface area contributed by atoms with Crippen LogP contribution in [0.4, 0.5) is 0 Å². The predicted molar refractivity (Wildman–Crippen MR) is 76.7 cm³/mol. The molecule has 0 amide bonds. The Morgan fingerprint density at radius 1 is 1.45 bits per heavy atom. The van der Waals surface area contributed by atoms with Crippen molar-refractivity contribution < 1.29 is 8.42 Å². The van der Waals surface area contributed by atoms with Crippen molar-refractivity contribution in [1.29, 1.82) is 0 Å². The van der Waals surface area contributed by atoms with Crippen molar-refractivity contribution in [3.05, 3.63) is 12.4 Å². The van der Waals surface area contributed by atoms with Gasteiger partial charge in [0.2, 0.25) is 10.0 Å². The molecule has 0 bridgehead atoms. The second-order valence-corrected chi connectivity index (χ2v) is 7.21. The van der Waals surface area contributed by atoms with Crippen LogP contribution in [0.1, 0.15) is 13.3 Å². The van der Waals surface area contributed by atoms with E-state index in [-0.39, 0.29) is 10.9 Å². The number of piperazine rings is 1. The monoisotopic (exact) mass is 301 g/mol. The first-order chi connectivity index (χ1) is 9.45. The van der Waals surface area contributed by atoms with Crippen molar-refractivity contribution in [2.75, 3.05) is 33.2 Å². The molecule has 1 fully saturated rings. The van der Waals surface area contributed by atoms with E-state index in [1.807, 2.05) is 14.0 Å². The maximum absolute atomic E-state index is 12.6. The van der Waals surface area contributed by atoms with E-state index in [0.29, 0.717) is 26.2 Å². The average Bonchev–Trinajstić information content (AvgIpc) is 2.89. The number of nitrogens with two attached hydrogens (primary N) is 1. The van der Waals surface area contributed by atoms with Crippen molar-refractivity contribution in [2.24, 2.45) is 5.73 Å². The molecule has 8 heteroatoms. The SMILES string of the molecule is CC1CN(S(=O)(=O)c2cnn(CCCN)c2)CCN1C. The highest BCUT2D eigenvalue weighted by Gasteiger charge is 2.31. The fourth-order valence-corrected chi connectivity index (χ4v) is 3.70. The summed E-state index contributed by atoms with van der Waals surface area (Å²) >= 11 is 0. The standard InChI is InChI=1S/C12H23N5O2S/c1-11-9-17(7-6-15(11)2)20(18,19)12-8-14-16(10-12)5-3-4-13/h8,10-11H,3-7,9,13H2,1-2H3. The van der Waals surface area contributed by atoms with E-state index in [0.717, 1.165) is 13.0 Å². The zero-order chi connectivity index (χ0) is 14.8. The molecule has 7 nitrogen and oxygen atoms in total. The zero-order valence-corrected chi connectivity index (χ0v) is 12.9. The average molecular weight is 301 g/mol. The summed E-state index contributed by atoms with van der Waals surface area (Å²) in [5, 5.41) is 4.09. The highest BCUT2D eigenvalue weighted by atomic mass is 32.2. The normalized spacial score (nSPS) is 22.2. The van der Waals surface area contributed by atoms with Crippen LogP contribution in [0.15, 0.2) is 17.3 Å². The van der Waals surface area contributed by atoms with E-state index >= 15 is 0 Å². The second kappa shape index (κ2) is 6.21. The van der Waals surface area contributed by atoms with Gasteiger partial charge in [0.25, 0.3) is 0 Å². The second-order valence-electron chi connectivity index (χ2n) is 5.27. The van der Waals surface area contributed by atoms with E-state index in [1.165, 1.54) is 6.20 Å². The van der Waals surface area contributed by atoms with Gasteiger partial charge in [0, 0.05) is 38.4 Å². The van der Waals surface area contributed by atoms with Crippen molar-refractivity contribution in [3.8, 4) is 0 Å². The molecule has 2 N–H and O–H groups in total. The summed E-state index contributed by atoms with van der Waals surface area (Å²) in [5.41, 5.74) is 5.44. The van der Waals surface area contributed by atoms with Crippen LogP contribution in [0.3, 0.4) is 0 Å². The van der Waals surface area contributed by atoms with E-state index in [2.05, 4.69) is 10.00 Å². The fourth-order valence-electron chi connectivity index (χ4n) is 2.24. The van der Waals surface area contributed by atoms with Crippen LogP contribution in [0.5, 0.6) is 0 Å². The van der Waals surface area contributed by atoms with Crippen molar-refractivity contribution in [1.82, 2.24) is 19.0 Å². The number of aryl methyl sites for hydroxylation is 1. The van der Waals surface area contributed by atoms with Gasteiger partial charge in [-0.05, 0) is 26.9 Å². The molecule has 1 unspecified atom stereocenters. The molecule has 0 saturated carbocycles. The fraction of sp³-hybridized carbons (Fsp3) is 0.750. The third-order valence-corrected chi connectivity index (χ3v) is 5.58. The minimum absolute atomic E-state index is 0.228. The summed E-state index contributed by atoms with van der Waals surface area (Å²) in [4.78, 5) is 2.43. The molecule has 2 heterocycles. The highest BCUT2D eigenvalue weighted by molar-refractivity contribution is 7.89. The van der Waals surface area contributed by atoms with Crippen molar-refractivity contribution >= 4 is 10.0 Å². The Bertz CT molecular complexity index is 542. The lowest BCUT2D eigenvalue weighted by Crippen LogP contribution is -2.51. The highest BCUT2D eigenvalue weighted by Crippen LogP contribution is 2.18. The van der Waals surface area contributed by atoms with Gasteiger partial charge in [-0.2, -0.15) is 9.40 Å². The number of hydrogen-bond acceptors (Lipinski definition) is 5. The first-order valence-electron chi connectivity index (χ1n) is 6.88. The van der Waals surface area contributed by atoms with E-state index in [1.54, 1.807) is 15.2 Å². The van der Waals surface area contributed by atoms with Gasteiger partial charge in [0.1, 0.15) is 4.90 Å². The number of aromatic nitrogens is 2. The Hall–Kier alpha value is -0.960. The predicted octanol–water partition coefficient (Wildman–Crippen LogP) is -0.443. The molecule has 114 valence electrons. The molecule has 2 rings (SSSR count). The molecular weight excluding hydrogens is 278 g/mol. The van der Waals surface area contributed by atoms with Gasteiger partial charge in [-0.15, -0.1) is 0 Å². The quantitative estimate of drug-likeness (QED) is 0.797. The third-order valence-electron chi connectivity index (χ3n) is 3.76. The van der Waals surface area contributed by atoms with Gasteiger partial charge >= 0.3 is 0 Å². The smallest absolute Gasteiger partial charge is 0.246 e. The molecule has 0 spiro atoms. The van der Waals surface area contributed by atoms with Crippen molar-refractivity contribution in [3.63, 3.8) is 0 Å². The Labute approximate surface area is 120 Å². The first kappa shape index (κ1) is 15.4. The topological polar surface area (TPSA) is 84.5 Å². The number of rotatable bonds is 5. The first-order valence-corrected chi connectivity index (χ1v) is 8.32. The minimum Gasteiger partial charge on any atom is -0.330 e. The number of nitrogens with zero attached hydrogens (tertiary/aromatic N) is 4. The van der Waals surface area contributed by atoms with Gasteiger partial charge < -0.3 is 10.6 Å². The summed E-state index contributed by atoms with van der Waals surface area (Å²) in [6.45, 7) is 5.04. The molecule has 0 aromatic carbocycles. The number of hydrogen-bond donors (Lipinski definition) is 1. The van der Waals surface area contributed by atoms with Crippen LogP contribution in [0.25, 0.3) is 0 Å². The molecule has 1 atom stereocenters. The molecule has 0 radical (unpaired) electrons. The van der Waals surface area contributed by atoms with Gasteiger partial charge in [-0.1, -0.05) is 0 Å². The molecule has 1 aromatic heterocycles. The van der Waals surface area contributed by atoms with Crippen LogP contribution in [-0.4, -0.2) is 66.7 Å². The van der Waals surface area contributed by atoms with Crippen LogP contribution in [0.2, 0.25) is 0 Å². The van der Waals surface area contributed by atoms with E-state index in [9.17, 15) is 8.42 Å². The molecule has 1 aliphatic heterocycles. The number of sulfonamides is 1. The summed E-state index contributed by atoms with van der Waals surface area (Å²) in [6.07, 6.45) is 3.80. The summed E-state index contributed by atoms with van der Waals surface area (Å²) in [7, 11) is -1.42. The molecule has 1 saturated heterocycles. The molecule has 0 aliphatic carbocycles. The largest absolute Gasteiger partial charge is 0.330 e. The Balaban J connectivity index is 2.12. The Morgan fingerprint density at radius 3 is 2.85 bits per heavy atom. The van der Waals surface area contributed by atoms with Crippen molar-refractivity contribution in [2.45, 2.75) is 30.8 Å².